The van der Waals surface area contributed by atoms with Crippen LogP contribution in [0.2, 0.25) is 0 Å². The second kappa shape index (κ2) is 9.03. The number of carbonyl (C=O) groups is 1. The van der Waals surface area contributed by atoms with E-state index < -0.39 is 0 Å². The fourth-order valence-electron chi connectivity index (χ4n) is 1.79. The third kappa shape index (κ3) is 6.04. The van der Waals surface area contributed by atoms with Crippen molar-refractivity contribution in [1.29, 1.82) is 0 Å². The molecule has 0 unspecified atom stereocenters. The molecule has 0 fully saturated rings. The molecular formula is C16H16NO3Y-. The van der Waals surface area contributed by atoms with E-state index in [1.165, 1.54) is 7.11 Å². The fourth-order valence-corrected chi connectivity index (χ4v) is 1.79. The van der Waals surface area contributed by atoms with Crippen molar-refractivity contribution in [3.05, 3.63) is 53.9 Å². The van der Waals surface area contributed by atoms with Gasteiger partial charge in [0.25, 0.3) is 0 Å². The molecule has 0 spiro atoms. The molecule has 0 aliphatic heterocycles. The van der Waals surface area contributed by atoms with E-state index in [1.54, 1.807) is 18.3 Å². The summed E-state index contributed by atoms with van der Waals surface area (Å²) in [5, 5.41) is 0. The molecule has 4 nitrogen and oxygen atoms in total. The first-order valence-electron chi connectivity index (χ1n) is 6.29. The summed E-state index contributed by atoms with van der Waals surface area (Å²) in [5.41, 5.74) is 1.68. The Balaban J connectivity index is 0.00000220. The fraction of sp³-hybridized carbons (Fsp3) is 0.250. The Kier molecular flexibility index (Phi) is 7.72. The maximum atomic E-state index is 11.5. The maximum Gasteiger partial charge on any atom is 0.164 e. The van der Waals surface area contributed by atoms with Crippen LogP contribution in [0.5, 0.6) is 11.5 Å². The number of Topliss-reactive ketones (excluding diaryl/α,β-unsaturated/α-hetero) is 1. The average Bonchev–Trinajstić information content (AvgIpc) is 2.39. The summed E-state index contributed by atoms with van der Waals surface area (Å²) in [6, 6.07) is 12.1. The molecule has 0 saturated carbocycles. The van der Waals surface area contributed by atoms with Crippen molar-refractivity contribution in [1.82, 2.24) is 4.98 Å². The Morgan fingerprint density at radius 1 is 1.29 bits per heavy atom. The zero-order valence-electron chi connectivity index (χ0n) is 12.1. The van der Waals surface area contributed by atoms with Gasteiger partial charge in [0.2, 0.25) is 0 Å². The van der Waals surface area contributed by atoms with Crippen molar-refractivity contribution in [3.8, 4) is 11.5 Å². The number of methoxy groups -OCH3 is 1. The van der Waals surface area contributed by atoms with Crippen LogP contribution in [0.1, 0.15) is 11.3 Å². The van der Waals surface area contributed by atoms with Gasteiger partial charge < -0.3 is 9.47 Å². The Labute approximate surface area is 149 Å². The predicted molar refractivity (Wildman–Crippen MR) is 74.9 cm³/mol. The van der Waals surface area contributed by atoms with Gasteiger partial charge in [0.1, 0.15) is 12.4 Å². The summed E-state index contributed by atoms with van der Waals surface area (Å²) in [6.07, 6.45) is 1.87. The third-order valence-corrected chi connectivity index (χ3v) is 2.62. The quantitative estimate of drug-likeness (QED) is 0.745. The van der Waals surface area contributed by atoms with Gasteiger partial charge in [-0.1, -0.05) is 6.92 Å². The van der Waals surface area contributed by atoms with Gasteiger partial charge in [0.05, 0.1) is 12.1 Å². The Bertz CT molecular complexity index is 602. The van der Waals surface area contributed by atoms with E-state index in [1.807, 2.05) is 25.1 Å². The number of hydrogen-bond donors (Lipinski definition) is 0. The number of pyridine rings is 1. The third-order valence-electron chi connectivity index (χ3n) is 2.62. The number of rotatable bonds is 6. The molecular weight excluding hydrogens is 343 g/mol. The number of ether oxygens (including phenoxy) is 2. The molecule has 1 aromatic carbocycles. The van der Waals surface area contributed by atoms with E-state index in [9.17, 15) is 4.79 Å². The minimum Gasteiger partial charge on any atom is -0.483 e. The number of nitrogens with zero attached hydrogens (tertiary/aromatic N) is 1. The first-order valence-corrected chi connectivity index (χ1v) is 6.29. The van der Waals surface area contributed by atoms with Gasteiger partial charge in [-0.25, -0.2) is 0 Å². The molecule has 1 radical (unpaired) electrons. The van der Waals surface area contributed by atoms with Crippen molar-refractivity contribution in [2.45, 2.75) is 13.3 Å². The molecule has 1 heterocycles. The van der Waals surface area contributed by atoms with Crippen LogP contribution in [0.4, 0.5) is 0 Å². The van der Waals surface area contributed by atoms with Gasteiger partial charge in [-0.15, -0.1) is 12.1 Å². The van der Waals surface area contributed by atoms with Crippen molar-refractivity contribution in [3.63, 3.8) is 0 Å². The van der Waals surface area contributed by atoms with Crippen LogP contribution in [0.25, 0.3) is 0 Å². The van der Waals surface area contributed by atoms with Gasteiger partial charge >= 0.3 is 0 Å². The topological polar surface area (TPSA) is 48.4 Å². The van der Waals surface area contributed by atoms with Crippen LogP contribution >= 0.6 is 0 Å². The number of ketones is 1. The molecule has 21 heavy (non-hydrogen) atoms. The Hall–Kier alpha value is -1.10. The molecule has 1 aromatic heterocycles. The molecule has 0 amide bonds. The van der Waals surface area contributed by atoms with Crippen LogP contribution in [-0.4, -0.2) is 24.5 Å². The number of aryl methyl sites for hydroxylation is 1. The molecule has 2 rings (SSSR count). The zero-order chi connectivity index (χ0) is 14.4. The van der Waals surface area contributed by atoms with Crippen LogP contribution in [0, 0.1) is 13.0 Å². The SMILES string of the molecule is COCC(=O)Cc1cc(Oc2cc[c-]c(C)c2)ccn1.[Y]. The van der Waals surface area contributed by atoms with Gasteiger partial charge in [-0.05, 0) is 6.07 Å². The van der Waals surface area contributed by atoms with Gasteiger partial charge in [0, 0.05) is 57.8 Å². The standard InChI is InChI=1S/C16H16NO3.Y/c1-12-4-3-5-15(8-12)20-16-6-7-17-13(10-16)9-14(18)11-19-2;/h3,5-8,10H,9,11H2,1-2H3;/q-1;. The summed E-state index contributed by atoms with van der Waals surface area (Å²) >= 11 is 0. The second-order valence-corrected chi connectivity index (χ2v) is 4.44. The smallest absolute Gasteiger partial charge is 0.164 e. The van der Waals surface area contributed by atoms with Gasteiger partial charge in [0.15, 0.2) is 5.78 Å². The van der Waals surface area contributed by atoms with Crippen LogP contribution in [0.15, 0.2) is 36.5 Å². The molecule has 107 valence electrons. The zero-order valence-corrected chi connectivity index (χ0v) is 15.0. The van der Waals surface area contributed by atoms with E-state index in [4.69, 9.17) is 9.47 Å². The number of aromatic nitrogens is 1. The van der Waals surface area contributed by atoms with Crippen molar-refractivity contribution in [2.24, 2.45) is 0 Å². The molecule has 0 saturated heterocycles. The monoisotopic (exact) mass is 359 g/mol. The minimum atomic E-state index is -0.0118. The van der Waals surface area contributed by atoms with Crippen molar-refractivity contribution < 1.29 is 47.0 Å². The average molecular weight is 359 g/mol. The summed E-state index contributed by atoms with van der Waals surface area (Å²) < 4.78 is 10.5. The Morgan fingerprint density at radius 3 is 2.76 bits per heavy atom. The van der Waals surface area contributed by atoms with E-state index in [2.05, 4.69) is 11.1 Å². The maximum absolute atomic E-state index is 11.5. The van der Waals surface area contributed by atoms with Gasteiger partial charge in [-0.3, -0.25) is 9.78 Å². The van der Waals surface area contributed by atoms with Crippen molar-refractivity contribution >= 4 is 5.78 Å². The van der Waals surface area contributed by atoms with Crippen LogP contribution in [0.3, 0.4) is 0 Å². The molecule has 0 atom stereocenters. The van der Waals surface area contributed by atoms with Crippen LogP contribution < -0.4 is 4.74 Å². The summed E-state index contributed by atoms with van der Waals surface area (Å²) in [5.74, 6) is 1.38. The summed E-state index contributed by atoms with van der Waals surface area (Å²) in [7, 11) is 1.50. The van der Waals surface area contributed by atoms with E-state index >= 15 is 0 Å². The minimum absolute atomic E-state index is 0. The number of carbonyl (C=O) groups excluding carboxylic acids is 1. The first-order chi connectivity index (χ1) is 9.67. The largest absolute Gasteiger partial charge is 0.483 e. The normalized spacial score (nSPS) is 9.81. The Morgan fingerprint density at radius 2 is 2.05 bits per heavy atom. The molecule has 2 aromatic rings. The molecule has 5 heteroatoms. The van der Waals surface area contributed by atoms with Gasteiger partial charge in [-0.2, -0.15) is 17.7 Å². The summed E-state index contributed by atoms with van der Waals surface area (Å²) in [6.45, 7) is 2.05. The number of benzene rings is 1. The van der Waals surface area contributed by atoms with E-state index in [0.29, 0.717) is 11.4 Å². The first kappa shape index (κ1) is 18.0. The summed E-state index contributed by atoms with van der Waals surface area (Å²) in [4.78, 5) is 15.7. The van der Waals surface area contributed by atoms with E-state index in [0.717, 1.165) is 11.3 Å². The molecule has 0 aliphatic rings. The molecule has 0 aliphatic carbocycles. The molecule has 0 bridgehead atoms. The number of hydrogen-bond acceptors (Lipinski definition) is 4. The van der Waals surface area contributed by atoms with Crippen molar-refractivity contribution in [2.75, 3.05) is 13.7 Å². The predicted octanol–water partition coefficient (Wildman–Crippen LogP) is 2.74. The second-order valence-electron chi connectivity index (χ2n) is 4.44. The van der Waals surface area contributed by atoms with Crippen LogP contribution in [-0.2, 0) is 48.7 Å². The molecule has 0 N–H and O–H groups in total. The van der Waals surface area contributed by atoms with E-state index in [-0.39, 0.29) is 51.5 Å².